The minimum atomic E-state index is -3.97. The van der Waals surface area contributed by atoms with E-state index in [0.717, 1.165) is 21.7 Å². The Morgan fingerprint density at radius 3 is 2.08 bits per heavy atom. The Morgan fingerprint density at radius 1 is 0.868 bits per heavy atom. The van der Waals surface area contributed by atoms with Crippen molar-refractivity contribution in [3.8, 4) is 11.5 Å². The van der Waals surface area contributed by atoms with E-state index in [-0.39, 0.29) is 16.3 Å². The van der Waals surface area contributed by atoms with Crippen LogP contribution in [-0.2, 0) is 24.8 Å². The Hall–Kier alpha value is -3.77. The highest BCUT2D eigenvalue weighted by Crippen LogP contribution is 2.31. The molecule has 3 rings (SSSR count). The molecule has 3 aromatic rings. The van der Waals surface area contributed by atoms with E-state index < -0.39 is 32.0 Å². The summed E-state index contributed by atoms with van der Waals surface area (Å²) >= 11 is 0. The van der Waals surface area contributed by atoms with Gasteiger partial charge in [-0.1, -0.05) is 6.07 Å². The summed E-state index contributed by atoms with van der Waals surface area (Å²) in [4.78, 5) is 13.0. The van der Waals surface area contributed by atoms with Gasteiger partial charge in [0.2, 0.25) is 15.9 Å². The number of aryl methyl sites for hydroxylation is 2. The van der Waals surface area contributed by atoms with E-state index >= 15 is 0 Å². The molecule has 3 aromatic carbocycles. The van der Waals surface area contributed by atoms with Crippen molar-refractivity contribution in [3.05, 3.63) is 71.8 Å². The van der Waals surface area contributed by atoms with Gasteiger partial charge >= 0.3 is 0 Å². The molecule has 0 radical (unpaired) electrons. The van der Waals surface area contributed by atoms with Crippen molar-refractivity contribution in [3.63, 3.8) is 0 Å². The third-order valence-corrected chi connectivity index (χ3v) is 8.54. The van der Waals surface area contributed by atoms with Gasteiger partial charge in [0.1, 0.15) is 17.5 Å². The second-order valence-electron chi connectivity index (χ2n) is 8.69. The Balaban J connectivity index is 1.78. The Labute approximate surface area is 223 Å². The minimum Gasteiger partial charge on any atom is -0.497 e. The van der Waals surface area contributed by atoms with Crippen LogP contribution < -0.4 is 23.8 Å². The molecule has 0 aromatic heterocycles. The van der Waals surface area contributed by atoms with Gasteiger partial charge in [-0.2, -0.15) is 0 Å². The molecule has 38 heavy (non-hydrogen) atoms. The predicted molar refractivity (Wildman–Crippen MR) is 148 cm³/mol. The van der Waals surface area contributed by atoms with Gasteiger partial charge in [0.15, 0.2) is 0 Å². The van der Waals surface area contributed by atoms with E-state index in [4.69, 9.17) is 9.47 Å². The molecule has 0 heterocycles. The van der Waals surface area contributed by atoms with E-state index in [1.807, 2.05) is 13.8 Å². The van der Waals surface area contributed by atoms with E-state index in [1.165, 1.54) is 51.5 Å². The molecule has 12 heteroatoms. The number of carbonyl (C=O) groups excluding carboxylic acids is 1. The fourth-order valence-electron chi connectivity index (χ4n) is 3.72. The van der Waals surface area contributed by atoms with Gasteiger partial charge in [0.05, 0.1) is 36.7 Å². The topological polar surface area (TPSA) is 131 Å². The SMILES string of the molecule is COc1ccc(NS(=O)(=O)c2ccc(NC(=O)[C@@H](C)N(c3ccc(C)c(C)c3)S(C)(=O)=O)cc2)c(OC)c1. The standard InChI is InChI=1S/C26H31N3O7S2/c1-17-7-10-21(15-18(17)2)29(37(6,31)32)19(3)26(30)27-20-8-12-23(13-9-20)38(33,34)28-24-14-11-22(35-4)16-25(24)36-5/h7-16,19,28H,1-6H3,(H,27,30)/t19-/m1/s1. The number of hydrogen-bond donors (Lipinski definition) is 2. The van der Waals surface area contributed by atoms with Gasteiger partial charge < -0.3 is 14.8 Å². The number of nitrogens with one attached hydrogen (secondary N) is 2. The maximum atomic E-state index is 13.0. The van der Waals surface area contributed by atoms with Crippen LogP contribution in [0.15, 0.2) is 65.6 Å². The van der Waals surface area contributed by atoms with Crippen LogP contribution in [0, 0.1) is 13.8 Å². The number of nitrogens with zero attached hydrogens (tertiary/aromatic N) is 1. The zero-order chi connectivity index (χ0) is 28.3. The number of anilines is 3. The highest BCUT2D eigenvalue weighted by Gasteiger charge is 2.29. The van der Waals surface area contributed by atoms with Gasteiger partial charge in [-0.15, -0.1) is 0 Å². The molecule has 0 saturated carbocycles. The van der Waals surface area contributed by atoms with Gasteiger partial charge in [-0.3, -0.25) is 13.8 Å². The van der Waals surface area contributed by atoms with Gasteiger partial charge in [0, 0.05) is 11.8 Å². The van der Waals surface area contributed by atoms with Crippen LogP contribution in [0.3, 0.4) is 0 Å². The second-order valence-corrected chi connectivity index (χ2v) is 12.2. The number of hydrogen-bond acceptors (Lipinski definition) is 7. The summed E-state index contributed by atoms with van der Waals surface area (Å²) in [7, 11) is -4.86. The third-order valence-electron chi connectivity index (χ3n) is 5.92. The van der Waals surface area contributed by atoms with E-state index in [2.05, 4.69) is 10.0 Å². The number of sulfonamides is 2. The lowest BCUT2D eigenvalue weighted by Gasteiger charge is -2.28. The molecule has 10 nitrogen and oxygen atoms in total. The largest absolute Gasteiger partial charge is 0.497 e. The summed E-state index contributed by atoms with van der Waals surface area (Å²) in [6.45, 7) is 5.25. The van der Waals surface area contributed by atoms with Crippen LogP contribution in [0.1, 0.15) is 18.1 Å². The molecule has 1 amide bonds. The molecule has 0 spiro atoms. The molecule has 204 valence electrons. The molecular weight excluding hydrogens is 530 g/mol. The van der Waals surface area contributed by atoms with Crippen molar-refractivity contribution >= 4 is 43.0 Å². The predicted octanol–water partition coefficient (Wildman–Crippen LogP) is 3.91. The summed E-state index contributed by atoms with van der Waals surface area (Å²) in [5.41, 5.74) is 2.79. The lowest BCUT2D eigenvalue weighted by molar-refractivity contribution is -0.116. The van der Waals surface area contributed by atoms with Crippen molar-refractivity contribution in [2.45, 2.75) is 31.7 Å². The van der Waals surface area contributed by atoms with Crippen molar-refractivity contribution < 1.29 is 31.1 Å². The molecule has 2 N–H and O–H groups in total. The first-order valence-electron chi connectivity index (χ1n) is 11.5. The third kappa shape index (κ3) is 6.56. The smallest absolute Gasteiger partial charge is 0.262 e. The highest BCUT2D eigenvalue weighted by atomic mass is 32.2. The molecule has 0 aliphatic carbocycles. The van der Waals surface area contributed by atoms with Crippen LogP contribution >= 0.6 is 0 Å². The zero-order valence-corrected chi connectivity index (χ0v) is 23.6. The minimum absolute atomic E-state index is 0.0469. The van der Waals surface area contributed by atoms with E-state index in [9.17, 15) is 21.6 Å². The Bertz CT molecular complexity index is 1540. The average Bonchev–Trinajstić information content (AvgIpc) is 2.85. The fraction of sp³-hybridized carbons (Fsp3) is 0.269. The van der Waals surface area contributed by atoms with Gasteiger partial charge in [0.25, 0.3) is 10.0 Å². The Kier molecular flexibility index (Phi) is 8.58. The maximum absolute atomic E-state index is 13.0. The molecule has 0 saturated heterocycles. The van der Waals surface area contributed by atoms with Crippen molar-refractivity contribution in [2.75, 3.05) is 34.8 Å². The summed E-state index contributed by atoms with van der Waals surface area (Å²) < 4.78 is 64.9. The van der Waals surface area contributed by atoms with Gasteiger partial charge in [-0.25, -0.2) is 16.8 Å². The second kappa shape index (κ2) is 11.3. The van der Waals surface area contributed by atoms with Gasteiger partial charge in [-0.05, 0) is 80.4 Å². The summed E-state index contributed by atoms with van der Waals surface area (Å²) in [5, 5.41) is 2.66. The zero-order valence-electron chi connectivity index (χ0n) is 22.0. The first-order valence-corrected chi connectivity index (χ1v) is 14.8. The first kappa shape index (κ1) is 28.8. The maximum Gasteiger partial charge on any atom is 0.262 e. The van der Waals surface area contributed by atoms with Crippen LogP contribution in [0.5, 0.6) is 11.5 Å². The number of ether oxygens (including phenoxy) is 2. The first-order chi connectivity index (χ1) is 17.8. The molecule has 0 bridgehead atoms. The quantitative estimate of drug-likeness (QED) is 0.384. The molecular formula is C26H31N3O7S2. The number of rotatable bonds is 10. The monoisotopic (exact) mass is 561 g/mol. The van der Waals surface area contributed by atoms with Crippen molar-refractivity contribution in [1.82, 2.24) is 0 Å². The number of benzene rings is 3. The van der Waals surface area contributed by atoms with Crippen LogP contribution in [-0.4, -0.2) is 49.3 Å². The molecule has 1 atom stereocenters. The lowest BCUT2D eigenvalue weighted by atomic mass is 10.1. The fourth-order valence-corrected chi connectivity index (χ4v) is 5.96. The lowest BCUT2D eigenvalue weighted by Crippen LogP contribution is -2.45. The average molecular weight is 562 g/mol. The normalized spacial score (nSPS) is 12.4. The number of methoxy groups -OCH3 is 2. The summed E-state index contributed by atoms with van der Waals surface area (Å²) in [5.74, 6) is 0.210. The van der Waals surface area contributed by atoms with Crippen LogP contribution in [0.25, 0.3) is 0 Å². The van der Waals surface area contributed by atoms with Crippen molar-refractivity contribution in [2.24, 2.45) is 0 Å². The summed E-state index contributed by atoms with van der Waals surface area (Å²) in [6.07, 6.45) is 1.04. The Morgan fingerprint density at radius 2 is 1.53 bits per heavy atom. The van der Waals surface area contributed by atoms with E-state index in [0.29, 0.717) is 17.1 Å². The molecule has 0 fully saturated rings. The molecule has 0 aliphatic heterocycles. The van der Waals surface area contributed by atoms with Crippen LogP contribution in [0.4, 0.5) is 17.1 Å². The van der Waals surface area contributed by atoms with Crippen LogP contribution in [0.2, 0.25) is 0 Å². The van der Waals surface area contributed by atoms with E-state index in [1.54, 1.807) is 30.3 Å². The number of amides is 1. The molecule has 0 aliphatic rings. The molecule has 0 unspecified atom stereocenters. The summed E-state index contributed by atoms with van der Waals surface area (Å²) in [6, 6.07) is 14.3. The number of carbonyl (C=O) groups is 1. The highest BCUT2D eigenvalue weighted by molar-refractivity contribution is 7.92. The van der Waals surface area contributed by atoms with Crippen molar-refractivity contribution in [1.29, 1.82) is 0 Å².